The van der Waals surface area contributed by atoms with E-state index in [0.717, 1.165) is 6.42 Å². The van der Waals surface area contributed by atoms with Crippen molar-refractivity contribution in [1.29, 1.82) is 5.26 Å². The van der Waals surface area contributed by atoms with E-state index in [1.165, 1.54) is 0 Å². The van der Waals surface area contributed by atoms with Crippen LogP contribution in [0.2, 0.25) is 0 Å². The average Bonchev–Trinajstić information content (AvgIpc) is 2.69. The number of esters is 1. The Morgan fingerprint density at radius 3 is 2.63 bits per heavy atom. The summed E-state index contributed by atoms with van der Waals surface area (Å²) in [4.78, 5) is 16.2. The molecule has 6 nitrogen and oxygen atoms in total. The van der Waals surface area contributed by atoms with Gasteiger partial charge in [-0.05, 0) is 36.8 Å². The van der Waals surface area contributed by atoms with Gasteiger partial charge in [0.25, 0.3) is 0 Å². The summed E-state index contributed by atoms with van der Waals surface area (Å²) in [7, 11) is 0. The number of aromatic hydroxyl groups is 1. The normalized spacial score (nSPS) is 10.4. The van der Waals surface area contributed by atoms with Crippen molar-refractivity contribution in [2.24, 2.45) is 0 Å². The van der Waals surface area contributed by atoms with Crippen LogP contribution >= 0.6 is 0 Å². The summed E-state index contributed by atoms with van der Waals surface area (Å²) in [6, 6.07) is 16.0. The summed E-state index contributed by atoms with van der Waals surface area (Å²) in [5, 5.41) is 20.6. The van der Waals surface area contributed by atoms with E-state index in [1.54, 1.807) is 30.3 Å². The molecule has 0 saturated carbocycles. The minimum Gasteiger partial charge on any atom is -0.505 e. The number of para-hydroxylation sites is 1. The molecule has 0 amide bonds. The topological polar surface area (TPSA) is 92.4 Å². The van der Waals surface area contributed by atoms with Crippen LogP contribution in [0.4, 0.5) is 0 Å². The molecule has 0 bridgehead atoms. The van der Waals surface area contributed by atoms with Gasteiger partial charge in [-0.25, -0.2) is 9.78 Å². The van der Waals surface area contributed by atoms with Crippen molar-refractivity contribution in [3.05, 3.63) is 59.9 Å². The quantitative estimate of drug-likeness (QED) is 0.510. The van der Waals surface area contributed by atoms with Gasteiger partial charge in [-0.1, -0.05) is 31.5 Å². The molecular formula is C21H18N2O4. The van der Waals surface area contributed by atoms with Gasteiger partial charge in [0, 0.05) is 10.8 Å². The van der Waals surface area contributed by atoms with E-state index < -0.39 is 5.97 Å². The van der Waals surface area contributed by atoms with Crippen LogP contribution in [0.1, 0.15) is 35.9 Å². The maximum Gasteiger partial charge on any atom is 0.360 e. The third-order valence-electron chi connectivity index (χ3n) is 3.96. The van der Waals surface area contributed by atoms with Gasteiger partial charge in [0.05, 0.1) is 6.61 Å². The number of ether oxygens (including phenoxy) is 2. The number of aromatic nitrogens is 1. The highest BCUT2D eigenvalue weighted by Crippen LogP contribution is 2.33. The average molecular weight is 362 g/mol. The van der Waals surface area contributed by atoms with Crippen LogP contribution in [0.5, 0.6) is 17.2 Å². The number of unbranched alkanes of at least 4 members (excludes halogenated alkanes) is 1. The molecule has 0 aliphatic carbocycles. The highest BCUT2D eigenvalue weighted by molar-refractivity contribution is 6.01. The molecule has 3 rings (SSSR count). The first kappa shape index (κ1) is 18.2. The lowest BCUT2D eigenvalue weighted by Crippen LogP contribution is -2.10. The van der Waals surface area contributed by atoms with Crippen molar-refractivity contribution in [1.82, 2.24) is 4.98 Å². The fourth-order valence-corrected chi connectivity index (χ4v) is 2.57. The molecule has 1 heterocycles. The number of nitrogens with zero attached hydrogens (tertiary/aromatic N) is 2. The van der Waals surface area contributed by atoms with Gasteiger partial charge < -0.3 is 14.6 Å². The minimum atomic E-state index is -0.746. The number of pyridine rings is 1. The van der Waals surface area contributed by atoms with Crippen molar-refractivity contribution >= 4 is 16.7 Å². The third-order valence-corrected chi connectivity index (χ3v) is 3.96. The zero-order valence-corrected chi connectivity index (χ0v) is 14.8. The molecule has 0 aliphatic rings. The Morgan fingerprint density at radius 1 is 1.15 bits per heavy atom. The number of fused-ring (bicyclic) bond motifs is 1. The molecule has 0 unspecified atom stereocenters. The Kier molecular flexibility index (Phi) is 5.53. The Balaban J connectivity index is 1.99. The van der Waals surface area contributed by atoms with Crippen molar-refractivity contribution in [3.8, 4) is 23.3 Å². The molecule has 0 radical (unpaired) electrons. The van der Waals surface area contributed by atoms with Crippen molar-refractivity contribution in [3.63, 3.8) is 0 Å². The number of hydrogen-bond acceptors (Lipinski definition) is 6. The number of hydrogen-bond donors (Lipinski definition) is 1. The predicted octanol–water partition coefficient (Wildman–Crippen LogP) is 4.56. The fourth-order valence-electron chi connectivity index (χ4n) is 2.57. The van der Waals surface area contributed by atoms with Crippen LogP contribution in [-0.4, -0.2) is 22.7 Å². The van der Waals surface area contributed by atoms with E-state index in [2.05, 4.69) is 4.98 Å². The summed E-state index contributed by atoms with van der Waals surface area (Å²) in [6.45, 7) is 2.21. The van der Waals surface area contributed by atoms with Gasteiger partial charge in [0.15, 0.2) is 11.4 Å². The van der Waals surface area contributed by atoms with E-state index in [0.29, 0.717) is 28.7 Å². The van der Waals surface area contributed by atoms with Gasteiger partial charge in [-0.2, -0.15) is 5.26 Å². The third kappa shape index (κ3) is 3.98. The molecule has 1 aromatic heterocycles. The SMILES string of the molecule is CCCCOC(=O)c1nc(C#N)c2cc(Oc3ccccc3)ccc2c1O. The number of carbonyl (C=O) groups is 1. The summed E-state index contributed by atoms with van der Waals surface area (Å²) in [6.07, 6.45) is 1.59. The second kappa shape index (κ2) is 8.19. The summed E-state index contributed by atoms with van der Waals surface area (Å²) in [5.41, 5.74) is -0.240. The van der Waals surface area contributed by atoms with Crippen molar-refractivity contribution in [2.75, 3.05) is 6.61 Å². The molecule has 136 valence electrons. The zero-order valence-electron chi connectivity index (χ0n) is 14.8. The van der Waals surface area contributed by atoms with Crippen LogP contribution in [0.3, 0.4) is 0 Å². The number of rotatable bonds is 6. The zero-order chi connectivity index (χ0) is 19.2. The van der Waals surface area contributed by atoms with E-state index in [9.17, 15) is 15.2 Å². The molecule has 0 aliphatic heterocycles. The Hall–Kier alpha value is -3.59. The maximum absolute atomic E-state index is 12.2. The number of carbonyl (C=O) groups excluding carboxylic acids is 1. The molecule has 0 spiro atoms. The minimum absolute atomic E-state index is 0.0174. The van der Waals surface area contributed by atoms with E-state index in [-0.39, 0.29) is 23.7 Å². The molecule has 6 heteroatoms. The van der Waals surface area contributed by atoms with E-state index in [1.807, 2.05) is 31.2 Å². The van der Waals surface area contributed by atoms with Crippen molar-refractivity contribution < 1.29 is 19.4 Å². The lowest BCUT2D eigenvalue weighted by Gasteiger charge is -2.11. The molecule has 0 atom stereocenters. The van der Waals surface area contributed by atoms with Crippen LogP contribution in [-0.2, 0) is 4.74 Å². The van der Waals surface area contributed by atoms with Gasteiger partial charge >= 0.3 is 5.97 Å². The first-order valence-electron chi connectivity index (χ1n) is 8.61. The Labute approximate surface area is 156 Å². The monoisotopic (exact) mass is 362 g/mol. The van der Waals surface area contributed by atoms with Gasteiger partial charge in [0.2, 0.25) is 0 Å². The van der Waals surface area contributed by atoms with Gasteiger partial charge in [0.1, 0.15) is 23.3 Å². The fraction of sp³-hybridized carbons (Fsp3) is 0.190. The maximum atomic E-state index is 12.2. The second-order valence-corrected chi connectivity index (χ2v) is 5.88. The standard InChI is InChI=1S/C21H18N2O4/c1-2-3-11-26-21(25)19-20(24)16-10-9-15(12-17(16)18(13-22)23-19)27-14-7-5-4-6-8-14/h4-10,12,24H,2-3,11H2,1H3. The molecular weight excluding hydrogens is 344 g/mol. The summed E-state index contributed by atoms with van der Waals surface area (Å²) >= 11 is 0. The van der Waals surface area contributed by atoms with Crippen LogP contribution in [0.25, 0.3) is 10.8 Å². The first-order valence-corrected chi connectivity index (χ1v) is 8.61. The van der Waals surface area contributed by atoms with Crippen LogP contribution < -0.4 is 4.74 Å². The van der Waals surface area contributed by atoms with Crippen LogP contribution in [0.15, 0.2) is 48.5 Å². The highest BCUT2D eigenvalue weighted by atomic mass is 16.5. The summed E-state index contributed by atoms with van der Waals surface area (Å²) < 4.78 is 10.9. The summed E-state index contributed by atoms with van der Waals surface area (Å²) in [5.74, 6) is 0.0778. The first-order chi connectivity index (χ1) is 13.1. The van der Waals surface area contributed by atoms with E-state index in [4.69, 9.17) is 9.47 Å². The van der Waals surface area contributed by atoms with Crippen molar-refractivity contribution in [2.45, 2.75) is 19.8 Å². The molecule has 2 aromatic carbocycles. The van der Waals surface area contributed by atoms with Crippen LogP contribution in [0, 0.1) is 11.3 Å². The smallest absolute Gasteiger partial charge is 0.360 e. The second-order valence-electron chi connectivity index (χ2n) is 5.88. The Bertz CT molecular complexity index is 1010. The van der Waals surface area contributed by atoms with E-state index >= 15 is 0 Å². The Morgan fingerprint density at radius 2 is 1.93 bits per heavy atom. The molecule has 0 saturated heterocycles. The van der Waals surface area contributed by atoms with Gasteiger partial charge in [-0.15, -0.1) is 0 Å². The molecule has 1 N–H and O–H groups in total. The largest absolute Gasteiger partial charge is 0.505 e. The lowest BCUT2D eigenvalue weighted by molar-refractivity contribution is 0.0489. The molecule has 3 aromatic rings. The number of benzene rings is 2. The highest BCUT2D eigenvalue weighted by Gasteiger charge is 2.21. The lowest BCUT2D eigenvalue weighted by atomic mass is 10.1. The molecule has 27 heavy (non-hydrogen) atoms. The molecule has 0 fully saturated rings. The predicted molar refractivity (Wildman–Crippen MR) is 99.8 cm³/mol. The van der Waals surface area contributed by atoms with Gasteiger partial charge in [-0.3, -0.25) is 0 Å². The number of nitriles is 1.